The average Bonchev–Trinajstić information content (AvgIpc) is 2.93. The highest BCUT2D eigenvalue weighted by atomic mass is 32.2. The highest BCUT2D eigenvalue weighted by molar-refractivity contribution is 7.93. The molecule has 26 heavy (non-hydrogen) atoms. The maximum atomic E-state index is 12.7. The number of hydrogen-bond acceptors (Lipinski definition) is 7. The van der Waals surface area contributed by atoms with Gasteiger partial charge in [-0.3, -0.25) is 4.98 Å². The molecule has 0 bridgehead atoms. The molecule has 0 saturated heterocycles. The third-order valence-electron chi connectivity index (χ3n) is 3.86. The van der Waals surface area contributed by atoms with E-state index in [1.165, 1.54) is 36.1 Å². The second-order valence-corrected chi connectivity index (χ2v) is 7.31. The number of rotatable bonds is 4. The van der Waals surface area contributed by atoms with Crippen LogP contribution in [-0.4, -0.2) is 30.5 Å². The average molecular weight is 370 g/mol. The van der Waals surface area contributed by atoms with Crippen molar-refractivity contribution < 1.29 is 17.9 Å². The van der Waals surface area contributed by atoms with Crippen LogP contribution in [0.1, 0.15) is 5.56 Å². The molecule has 2 aromatic heterocycles. The first-order valence-electron chi connectivity index (χ1n) is 7.68. The monoisotopic (exact) mass is 370 g/mol. The molecule has 132 valence electrons. The molecular formula is C17H14N4O4S. The van der Waals surface area contributed by atoms with Gasteiger partial charge in [0.15, 0.2) is 5.75 Å². The summed E-state index contributed by atoms with van der Waals surface area (Å²) in [6.45, 7) is 0.218. The van der Waals surface area contributed by atoms with E-state index >= 15 is 0 Å². The van der Waals surface area contributed by atoms with E-state index in [2.05, 4.69) is 15.0 Å². The van der Waals surface area contributed by atoms with Crippen LogP contribution in [0.2, 0.25) is 0 Å². The van der Waals surface area contributed by atoms with Crippen molar-refractivity contribution in [2.45, 2.75) is 11.4 Å². The van der Waals surface area contributed by atoms with Crippen molar-refractivity contribution in [3.63, 3.8) is 0 Å². The van der Waals surface area contributed by atoms with Gasteiger partial charge in [-0.25, -0.2) is 17.7 Å². The molecule has 1 aromatic carbocycles. The van der Waals surface area contributed by atoms with Gasteiger partial charge in [0.05, 0.1) is 30.9 Å². The molecule has 1 aliphatic rings. The molecule has 0 fully saturated rings. The first-order valence-corrected chi connectivity index (χ1v) is 9.12. The maximum Gasteiger partial charge on any atom is 0.323 e. The third kappa shape index (κ3) is 2.82. The summed E-state index contributed by atoms with van der Waals surface area (Å²) in [6.07, 6.45) is 4.48. The van der Waals surface area contributed by atoms with Crippen LogP contribution in [0.4, 0.5) is 5.82 Å². The minimum atomic E-state index is -3.64. The van der Waals surface area contributed by atoms with Gasteiger partial charge in [0.1, 0.15) is 11.6 Å². The number of benzene rings is 1. The normalized spacial score (nSPS) is 14.7. The number of methoxy groups -OCH3 is 1. The van der Waals surface area contributed by atoms with E-state index in [1.54, 1.807) is 24.3 Å². The lowest BCUT2D eigenvalue weighted by atomic mass is 10.2. The summed E-state index contributed by atoms with van der Waals surface area (Å²) in [5.41, 5.74) is 0.727. The van der Waals surface area contributed by atoms with Crippen molar-refractivity contribution in [3.05, 3.63) is 60.6 Å². The zero-order valence-corrected chi connectivity index (χ0v) is 14.5. The quantitative estimate of drug-likeness (QED) is 0.696. The third-order valence-corrected chi connectivity index (χ3v) is 5.71. The van der Waals surface area contributed by atoms with Crippen LogP contribution in [0.25, 0.3) is 0 Å². The number of pyridine rings is 1. The molecular weight excluding hydrogens is 356 g/mol. The van der Waals surface area contributed by atoms with Gasteiger partial charge in [0.2, 0.25) is 0 Å². The molecule has 0 saturated carbocycles. The maximum absolute atomic E-state index is 12.7. The van der Waals surface area contributed by atoms with E-state index in [1.807, 2.05) is 6.07 Å². The molecule has 3 aromatic rings. The number of ether oxygens (including phenoxy) is 2. The predicted molar refractivity (Wildman–Crippen MR) is 92.7 cm³/mol. The van der Waals surface area contributed by atoms with Crippen molar-refractivity contribution >= 4 is 15.8 Å². The van der Waals surface area contributed by atoms with Crippen LogP contribution < -0.4 is 13.8 Å². The van der Waals surface area contributed by atoms with Crippen LogP contribution in [-0.2, 0) is 16.6 Å². The number of nitrogens with zero attached hydrogens (tertiary/aromatic N) is 4. The van der Waals surface area contributed by atoms with Crippen LogP contribution >= 0.6 is 0 Å². The van der Waals surface area contributed by atoms with E-state index < -0.39 is 10.0 Å². The van der Waals surface area contributed by atoms with Gasteiger partial charge in [-0.05, 0) is 11.6 Å². The standard InChI is InChI=1S/C17H14N4O4S/c1-24-13-8-14(10-18-9-13)25-17-19-7-6-16(20-17)21-11-12-4-2-3-5-15(12)26(21,22)23/h2-10H,11H2,1H3. The number of sulfonamides is 1. The zero-order chi connectivity index (χ0) is 18.1. The van der Waals surface area contributed by atoms with E-state index in [-0.39, 0.29) is 23.3 Å². The van der Waals surface area contributed by atoms with E-state index in [4.69, 9.17) is 9.47 Å². The Morgan fingerprint density at radius 2 is 1.92 bits per heavy atom. The van der Waals surface area contributed by atoms with Crippen molar-refractivity contribution in [3.8, 4) is 17.5 Å². The minimum absolute atomic E-state index is 0.0173. The predicted octanol–water partition coefficient (Wildman–Crippen LogP) is 2.38. The highest BCUT2D eigenvalue weighted by Crippen LogP contribution is 2.34. The summed E-state index contributed by atoms with van der Waals surface area (Å²) >= 11 is 0. The Morgan fingerprint density at radius 3 is 2.73 bits per heavy atom. The van der Waals surface area contributed by atoms with Gasteiger partial charge in [-0.15, -0.1) is 0 Å². The lowest BCUT2D eigenvalue weighted by Gasteiger charge is -2.16. The first-order chi connectivity index (χ1) is 12.6. The Balaban J connectivity index is 1.65. The Morgan fingerprint density at radius 1 is 1.12 bits per heavy atom. The Labute approximate surface area is 150 Å². The number of fused-ring (bicyclic) bond motifs is 1. The molecule has 0 radical (unpaired) electrons. The molecule has 0 unspecified atom stereocenters. The molecule has 0 N–H and O–H groups in total. The Hall–Kier alpha value is -3.20. The largest absolute Gasteiger partial charge is 0.495 e. The molecule has 8 nitrogen and oxygen atoms in total. The Bertz CT molecular complexity index is 1070. The topological polar surface area (TPSA) is 94.5 Å². The smallest absolute Gasteiger partial charge is 0.323 e. The molecule has 1 aliphatic heterocycles. The number of aromatic nitrogens is 3. The summed E-state index contributed by atoms with van der Waals surface area (Å²) in [7, 11) is -2.12. The summed E-state index contributed by atoms with van der Waals surface area (Å²) in [6, 6.07) is 10.1. The lowest BCUT2D eigenvalue weighted by Crippen LogP contribution is -2.24. The molecule has 0 amide bonds. The molecule has 4 rings (SSSR count). The van der Waals surface area contributed by atoms with E-state index in [0.29, 0.717) is 11.5 Å². The number of anilines is 1. The van der Waals surface area contributed by atoms with Crippen molar-refractivity contribution in [2.75, 3.05) is 11.4 Å². The SMILES string of the molecule is COc1cncc(Oc2nccc(N3Cc4ccccc4S3(=O)=O)n2)c1. The van der Waals surface area contributed by atoms with E-state index in [0.717, 1.165) is 5.56 Å². The second kappa shape index (κ2) is 6.26. The fraction of sp³-hybridized carbons (Fsp3) is 0.118. The molecule has 0 atom stereocenters. The van der Waals surface area contributed by atoms with Crippen molar-refractivity contribution in [1.29, 1.82) is 0 Å². The van der Waals surface area contributed by atoms with Crippen LogP contribution in [0, 0.1) is 0 Å². The summed E-state index contributed by atoms with van der Waals surface area (Å²) in [5, 5.41) is 0. The van der Waals surface area contributed by atoms with Crippen LogP contribution in [0.5, 0.6) is 17.5 Å². The van der Waals surface area contributed by atoms with Crippen molar-refractivity contribution in [2.24, 2.45) is 0 Å². The van der Waals surface area contributed by atoms with Crippen LogP contribution in [0.15, 0.2) is 59.9 Å². The van der Waals surface area contributed by atoms with Gasteiger partial charge in [0, 0.05) is 18.3 Å². The summed E-state index contributed by atoms with van der Waals surface area (Å²) < 4.78 is 37.4. The number of hydrogen-bond donors (Lipinski definition) is 0. The van der Waals surface area contributed by atoms with Crippen LogP contribution in [0.3, 0.4) is 0 Å². The second-order valence-electron chi connectivity index (χ2n) is 5.48. The van der Waals surface area contributed by atoms with Gasteiger partial charge in [-0.2, -0.15) is 4.98 Å². The van der Waals surface area contributed by atoms with Gasteiger partial charge in [-0.1, -0.05) is 18.2 Å². The fourth-order valence-corrected chi connectivity index (χ4v) is 4.25. The molecule has 0 aliphatic carbocycles. The zero-order valence-electron chi connectivity index (χ0n) is 13.7. The lowest BCUT2D eigenvalue weighted by molar-refractivity contribution is 0.401. The highest BCUT2D eigenvalue weighted by Gasteiger charge is 2.35. The molecule has 0 spiro atoms. The van der Waals surface area contributed by atoms with E-state index in [9.17, 15) is 8.42 Å². The van der Waals surface area contributed by atoms with Gasteiger partial charge < -0.3 is 9.47 Å². The summed E-state index contributed by atoms with van der Waals surface area (Å²) in [5.74, 6) is 1.15. The van der Waals surface area contributed by atoms with Gasteiger partial charge >= 0.3 is 6.01 Å². The summed E-state index contributed by atoms with van der Waals surface area (Å²) in [4.78, 5) is 12.5. The molecule has 3 heterocycles. The first kappa shape index (κ1) is 16.3. The fourth-order valence-electron chi connectivity index (χ4n) is 2.64. The molecule has 9 heteroatoms. The van der Waals surface area contributed by atoms with Crippen molar-refractivity contribution in [1.82, 2.24) is 15.0 Å². The van der Waals surface area contributed by atoms with Gasteiger partial charge in [0.25, 0.3) is 10.0 Å². The Kier molecular flexibility index (Phi) is 3.92. The minimum Gasteiger partial charge on any atom is -0.495 e.